The summed E-state index contributed by atoms with van der Waals surface area (Å²) < 4.78 is 0. The number of benzene rings is 1. The number of hydrogen-bond acceptors (Lipinski definition) is 4. The number of aromatic nitrogens is 3. The summed E-state index contributed by atoms with van der Waals surface area (Å²) in [6.45, 7) is 1.92. The maximum Gasteiger partial charge on any atom is 0.211 e. The number of rotatable bonds is 4. The molecule has 6 nitrogen and oxygen atoms in total. The Morgan fingerprint density at radius 1 is 1.29 bits per heavy atom. The highest BCUT2D eigenvalue weighted by molar-refractivity contribution is 5.87. The molecule has 1 atom stereocenters. The van der Waals surface area contributed by atoms with Crippen molar-refractivity contribution >= 4 is 28.9 Å². The molecule has 0 spiro atoms. The van der Waals surface area contributed by atoms with Gasteiger partial charge in [-0.2, -0.15) is 0 Å². The number of aromatic amines is 1. The van der Waals surface area contributed by atoms with Gasteiger partial charge in [0.1, 0.15) is 17.8 Å². The predicted octanol–water partition coefficient (Wildman–Crippen LogP) is 2.91. The van der Waals surface area contributed by atoms with Gasteiger partial charge < -0.3 is 15.2 Å². The minimum atomic E-state index is 0.427. The summed E-state index contributed by atoms with van der Waals surface area (Å²) in [7, 11) is 0. The molecule has 0 bridgehead atoms. The molecule has 122 valence electrons. The van der Waals surface area contributed by atoms with E-state index in [0.29, 0.717) is 5.92 Å². The van der Waals surface area contributed by atoms with Gasteiger partial charge in [-0.15, -0.1) is 0 Å². The number of anilines is 2. The fourth-order valence-electron chi connectivity index (χ4n) is 3.50. The second kappa shape index (κ2) is 6.31. The summed E-state index contributed by atoms with van der Waals surface area (Å²) in [5, 5.41) is 3.80. The number of piperidine rings is 1. The molecule has 1 unspecified atom stereocenters. The predicted molar refractivity (Wildman–Crippen MR) is 94.2 cm³/mol. The first-order valence-electron chi connectivity index (χ1n) is 8.18. The maximum atomic E-state index is 10.7. The van der Waals surface area contributed by atoms with Gasteiger partial charge in [-0.05, 0) is 36.6 Å². The summed E-state index contributed by atoms with van der Waals surface area (Å²) in [6.07, 6.45) is 6.50. The van der Waals surface area contributed by atoms with E-state index in [1.165, 1.54) is 5.56 Å². The van der Waals surface area contributed by atoms with Crippen LogP contribution in [-0.4, -0.2) is 34.5 Å². The lowest BCUT2D eigenvalue weighted by Gasteiger charge is -2.34. The zero-order valence-corrected chi connectivity index (χ0v) is 13.3. The van der Waals surface area contributed by atoms with Crippen molar-refractivity contribution in [3.63, 3.8) is 0 Å². The lowest BCUT2D eigenvalue weighted by atomic mass is 9.90. The number of carbonyl (C=O) groups is 1. The van der Waals surface area contributed by atoms with Crippen molar-refractivity contribution in [3.05, 3.63) is 48.4 Å². The Labute approximate surface area is 139 Å². The first-order valence-corrected chi connectivity index (χ1v) is 8.18. The van der Waals surface area contributed by atoms with Crippen LogP contribution in [0.2, 0.25) is 0 Å². The van der Waals surface area contributed by atoms with Crippen molar-refractivity contribution in [1.29, 1.82) is 0 Å². The molecule has 1 fully saturated rings. The molecule has 0 radical (unpaired) electrons. The number of hydrogen-bond donors (Lipinski definition) is 2. The number of fused-ring (bicyclic) bond motifs is 1. The number of carbonyl (C=O) groups excluding carboxylic acids is 1. The third-order valence-corrected chi connectivity index (χ3v) is 4.64. The highest BCUT2D eigenvalue weighted by Crippen LogP contribution is 2.32. The van der Waals surface area contributed by atoms with Crippen LogP contribution in [0, 0.1) is 0 Å². The number of amides is 1. The van der Waals surface area contributed by atoms with E-state index in [1.54, 1.807) is 6.33 Å². The van der Waals surface area contributed by atoms with Crippen molar-refractivity contribution in [2.24, 2.45) is 0 Å². The molecule has 2 aromatic heterocycles. The Balaban J connectivity index is 1.61. The molecular formula is C18H19N5O. The fourth-order valence-corrected chi connectivity index (χ4v) is 3.50. The van der Waals surface area contributed by atoms with E-state index in [1.807, 2.05) is 24.4 Å². The average Bonchev–Trinajstić information content (AvgIpc) is 3.11. The van der Waals surface area contributed by atoms with Crippen molar-refractivity contribution in [3.8, 4) is 0 Å². The Bertz CT molecular complexity index is 859. The topological polar surface area (TPSA) is 73.9 Å². The molecule has 3 aromatic rings. The number of nitrogens with one attached hydrogen (secondary N) is 2. The minimum absolute atomic E-state index is 0.427. The van der Waals surface area contributed by atoms with Crippen molar-refractivity contribution in [2.45, 2.75) is 18.8 Å². The molecule has 4 rings (SSSR count). The quantitative estimate of drug-likeness (QED) is 0.725. The standard InChI is InChI=1S/C18H19N5O/c24-12-22-15-5-1-3-13(9-15)14-4-2-8-23(10-14)18-16-6-7-19-17(16)20-11-21-18/h1,3,5-7,9,11-12,14H,2,4,8,10H2,(H,22,24)(H,19,20,21). The molecule has 1 aliphatic rings. The van der Waals surface area contributed by atoms with Crippen LogP contribution in [-0.2, 0) is 4.79 Å². The molecule has 0 aliphatic carbocycles. The highest BCUT2D eigenvalue weighted by Gasteiger charge is 2.24. The van der Waals surface area contributed by atoms with E-state index in [9.17, 15) is 4.79 Å². The molecule has 1 aromatic carbocycles. The largest absolute Gasteiger partial charge is 0.355 e. The van der Waals surface area contributed by atoms with Crippen molar-refractivity contribution in [1.82, 2.24) is 15.0 Å². The second-order valence-electron chi connectivity index (χ2n) is 6.11. The first kappa shape index (κ1) is 14.7. The van der Waals surface area contributed by atoms with Crippen LogP contribution in [0.5, 0.6) is 0 Å². The second-order valence-corrected chi connectivity index (χ2v) is 6.11. The normalized spacial score (nSPS) is 17.8. The lowest BCUT2D eigenvalue weighted by molar-refractivity contribution is -0.105. The van der Waals surface area contributed by atoms with Crippen LogP contribution in [0.3, 0.4) is 0 Å². The maximum absolute atomic E-state index is 10.7. The Morgan fingerprint density at radius 3 is 3.17 bits per heavy atom. The van der Waals surface area contributed by atoms with Crippen molar-refractivity contribution < 1.29 is 4.79 Å². The first-order chi connectivity index (χ1) is 11.8. The van der Waals surface area contributed by atoms with Gasteiger partial charge in [0.05, 0.1) is 5.39 Å². The van der Waals surface area contributed by atoms with E-state index in [-0.39, 0.29) is 0 Å². The average molecular weight is 321 g/mol. The molecule has 1 aliphatic heterocycles. The van der Waals surface area contributed by atoms with Gasteiger partial charge in [-0.3, -0.25) is 4.79 Å². The van der Waals surface area contributed by atoms with Crippen LogP contribution < -0.4 is 10.2 Å². The summed E-state index contributed by atoms with van der Waals surface area (Å²) in [5.74, 6) is 1.42. The highest BCUT2D eigenvalue weighted by atomic mass is 16.1. The van der Waals surface area contributed by atoms with Crippen LogP contribution in [0.25, 0.3) is 11.0 Å². The van der Waals surface area contributed by atoms with E-state index >= 15 is 0 Å². The van der Waals surface area contributed by atoms with Crippen LogP contribution in [0.15, 0.2) is 42.9 Å². The van der Waals surface area contributed by atoms with Crippen LogP contribution in [0.1, 0.15) is 24.3 Å². The summed E-state index contributed by atoms with van der Waals surface area (Å²) >= 11 is 0. The van der Waals surface area contributed by atoms with Gasteiger partial charge in [0.25, 0.3) is 0 Å². The van der Waals surface area contributed by atoms with Gasteiger partial charge in [0.15, 0.2) is 0 Å². The monoisotopic (exact) mass is 321 g/mol. The van der Waals surface area contributed by atoms with Gasteiger partial charge in [-0.25, -0.2) is 9.97 Å². The molecule has 24 heavy (non-hydrogen) atoms. The van der Waals surface area contributed by atoms with Crippen LogP contribution in [0.4, 0.5) is 11.5 Å². The van der Waals surface area contributed by atoms with E-state index < -0.39 is 0 Å². The van der Waals surface area contributed by atoms with Crippen LogP contribution >= 0.6 is 0 Å². The summed E-state index contributed by atoms with van der Waals surface area (Å²) in [4.78, 5) is 24.9. The van der Waals surface area contributed by atoms with Gasteiger partial charge in [0, 0.05) is 30.9 Å². The van der Waals surface area contributed by atoms with E-state index in [2.05, 4.69) is 37.3 Å². The number of H-pyrrole nitrogens is 1. The third kappa shape index (κ3) is 2.71. The molecular weight excluding hydrogens is 302 g/mol. The van der Waals surface area contributed by atoms with E-state index in [0.717, 1.165) is 54.9 Å². The molecule has 2 N–H and O–H groups in total. The summed E-state index contributed by atoms with van der Waals surface area (Å²) in [6, 6.07) is 10.1. The number of nitrogens with zero attached hydrogens (tertiary/aromatic N) is 3. The Morgan fingerprint density at radius 2 is 2.25 bits per heavy atom. The van der Waals surface area contributed by atoms with Gasteiger partial charge >= 0.3 is 0 Å². The fraction of sp³-hybridized carbons (Fsp3) is 0.278. The van der Waals surface area contributed by atoms with Gasteiger partial charge in [-0.1, -0.05) is 12.1 Å². The molecule has 3 heterocycles. The SMILES string of the molecule is O=CNc1cccc(C2CCCN(c3ncnc4[nH]ccc34)C2)c1. The van der Waals surface area contributed by atoms with Crippen molar-refractivity contribution in [2.75, 3.05) is 23.3 Å². The summed E-state index contributed by atoms with van der Waals surface area (Å²) in [5.41, 5.74) is 2.97. The Hall–Kier alpha value is -2.89. The molecule has 1 amide bonds. The smallest absolute Gasteiger partial charge is 0.211 e. The lowest BCUT2D eigenvalue weighted by Crippen LogP contribution is -2.35. The third-order valence-electron chi connectivity index (χ3n) is 4.64. The Kier molecular flexibility index (Phi) is 3.86. The molecule has 6 heteroatoms. The zero-order valence-electron chi connectivity index (χ0n) is 13.3. The minimum Gasteiger partial charge on any atom is -0.355 e. The zero-order chi connectivity index (χ0) is 16.4. The van der Waals surface area contributed by atoms with Gasteiger partial charge in [0.2, 0.25) is 6.41 Å². The molecule has 0 saturated carbocycles. The molecule has 1 saturated heterocycles. The van der Waals surface area contributed by atoms with E-state index in [4.69, 9.17) is 0 Å².